The molecule has 0 aliphatic heterocycles. The van der Waals surface area contributed by atoms with Crippen LogP contribution in [-0.2, 0) is 15.3 Å². The molecule has 0 saturated carbocycles. The van der Waals surface area contributed by atoms with E-state index in [9.17, 15) is 8.42 Å². The number of para-hydroxylation sites is 1. The van der Waals surface area contributed by atoms with Gasteiger partial charge in [-0.25, -0.2) is 13.1 Å². The first-order chi connectivity index (χ1) is 15.0. The number of rotatable bonds is 4. The Bertz CT molecular complexity index is 1400. The van der Waals surface area contributed by atoms with Gasteiger partial charge in [0.25, 0.3) is 0 Å². The molecule has 166 valence electrons. The van der Waals surface area contributed by atoms with Crippen molar-refractivity contribution in [1.82, 2.24) is 20.0 Å². The molecule has 2 heterocycles. The third kappa shape index (κ3) is 4.39. The summed E-state index contributed by atoms with van der Waals surface area (Å²) in [5.74, 6) is 0. The van der Waals surface area contributed by atoms with Crippen molar-refractivity contribution in [2.24, 2.45) is 0 Å². The molecule has 0 aliphatic rings. The predicted octanol–water partition coefficient (Wildman–Crippen LogP) is 6.17. The SMILES string of the molecule is CC(C)(C)c1nnc(-c2nn(-c3ccccc3Cl)c(-c3ccc(Br)cc3)c2S(C)(=O)=O)s1. The van der Waals surface area contributed by atoms with Gasteiger partial charge >= 0.3 is 0 Å². The van der Waals surface area contributed by atoms with Crippen LogP contribution in [0.25, 0.3) is 27.6 Å². The quantitative estimate of drug-likeness (QED) is 0.303. The Morgan fingerprint density at radius 1 is 1.03 bits per heavy atom. The highest BCUT2D eigenvalue weighted by molar-refractivity contribution is 9.10. The van der Waals surface area contributed by atoms with E-state index in [1.165, 1.54) is 17.6 Å². The van der Waals surface area contributed by atoms with E-state index in [-0.39, 0.29) is 16.0 Å². The Morgan fingerprint density at radius 2 is 1.69 bits per heavy atom. The summed E-state index contributed by atoms with van der Waals surface area (Å²) in [5, 5.41) is 15.0. The van der Waals surface area contributed by atoms with Gasteiger partial charge in [-0.2, -0.15) is 5.10 Å². The molecule has 2 aromatic carbocycles. The molecule has 6 nitrogen and oxygen atoms in total. The maximum atomic E-state index is 13.1. The van der Waals surface area contributed by atoms with Gasteiger partial charge in [0, 0.05) is 21.7 Å². The minimum absolute atomic E-state index is 0.0938. The van der Waals surface area contributed by atoms with Crippen molar-refractivity contribution in [3.63, 3.8) is 0 Å². The number of aromatic nitrogens is 4. The van der Waals surface area contributed by atoms with Crippen molar-refractivity contribution in [2.45, 2.75) is 31.1 Å². The molecule has 0 aliphatic carbocycles. The Kier molecular flexibility index (Phi) is 6.04. The molecular formula is C22H20BrClN4O2S2. The second-order valence-electron chi connectivity index (χ2n) is 8.33. The van der Waals surface area contributed by atoms with Gasteiger partial charge in [0.2, 0.25) is 0 Å². The Balaban J connectivity index is 2.10. The molecule has 0 atom stereocenters. The van der Waals surface area contributed by atoms with Crippen molar-refractivity contribution in [3.05, 3.63) is 63.0 Å². The Labute approximate surface area is 204 Å². The number of hydrogen-bond donors (Lipinski definition) is 0. The van der Waals surface area contributed by atoms with Gasteiger partial charge in [0.15, 0.2) is 14.8 Å². The van der Waals surface area contributed by atoms with Crippen LogP contribution >= 0.6 is 38.9 Å². The fraction of sp³-hybridized carbons (Fsp3) is 0.227. The summed E-state index contributed by atoms with van der Waals surface area (Å²) in [6, 6.07) is 14.6. The van der Waals surface area contributed by atoms with Crippen LogP contribution in [0.1, 0.15) is 25.8 Å². The summed E-state index contributed by atoms with van der Waals surface area (Å²) in [5.41, 5.74) is 1.73. The largest absolute Gasteiger partial charge is 0.229 e. The molecule has 10 heteroatoms. The van der Waals surface area contributed by atoms with Gasteiger partial charge < -0.3 is 0 Å². The van der Waals surface area contributed by atoms with E-state index in [1.54, 1.807) is 16.8 Å². The molecule has 32 heavy (non-hydrogen) atoms. The van der Waals surface area contributed by atoms with Crippen LogP contribution in [0.2, 0.25) is 5.02 Å². The molecule has 0 spiro atoms. The van der Waals surface area contributed by atoms with Crippen LogP contribution < -0.4 is 0 Å². The van der Waals surface area contributed by atoms with E-state index in [1.807, 2.05) is 57.2 Å². The number of nitrogens with zero attached hydrogens (tertiary/aromatic N) is 4. The van der Waals surface area contributed by atoms with Gasteiger partial charge in [-0.3, -0.25) is 0 Å². The average molecular weight is 552 g/mol. The summed E-state index contributed by atoms with van der Waals surface area (Å²) in [4.78, 5) is 0.0938. The van der Waals surface area contributed by atoms with Gasteiger partial charge in [-0.1, -0.05) is 83.9 Å². The average Bonchev–Trinajstić information content (AvgIpc) is 3.33. The predicted molar refractivity (Wildman–Crippen MR) is 132 cm³/mol. The van der Waals surface area contributed by atoms with E-state index in [0.717, 1.165) is 9.48 Å². The summed E-state index contributed by atoms with van der Waals surface area (Å²) in [7, 11) is -3.70. The first-order valence-electron chi connectivity index (χ1n) is 9.65. The highest BCUT2D eigenvalue weighted by atomic mass is 79.9. The molecular weight excluding hydrogens is 532 g/mol. The molecule has 0 fully saturated rings. The number of benzene rings is 2. The van der Waals surface area contributed by atoms with Crippen molar-refractivity contribution >= 4 is 48.7 Å². The fourth-order valence-electron chi connectivity index (χ4n) is 3.18. The van der Waals surface area contributed by atoms with Crippen molar-refractivity contribution in [3.8, 4) is 27.6 Å². The Morgan fingerprint density at radius 3 is 2.25 bits per heavy atom. The van der Waals surface area contributed by atoms with E-state index in [4.69, 9.17) is 16.7 Å². The lowest BCUT2D eigenvalue weighted by Crippen LogP contribution is -2.10. The summed E-state index contributed by atoms with van der Waals surface area (Å²) in [6.45, 7) is 6.10. The second kappa shape index (κ2) is 8.37. The Hall–Kier alpha value is -2.07. The molecule has 0 bridgehead atoms. The van der Waals surface area contributed by atoms with Gasteiger partial charge in [-0.05, 0) is 24.3 Å². The molecule has 0 radical (unpaired) electrons. The monoisotopic (exact) mass is 550 g/mol. The van der Waals surface area contributed by atoms with E-state index in [0.29, 0.717) is 27.0 Å². The summed E-state index contributed by atoms with van der Waals surface area (Å²) < 4.78 is 28.6. The fourth-order valence-corrected chi connectivity index (χ4v) is 5.66. The van der Waals surface area contributed by atoms with E-state index < -0.39 is 9.84 Å². The first kappa shape index (κ1) is 23.1. The van der Waals surface area contributed by atoms with Crippen LogP contribution in [0.3, 0.4) is 0 Å². The third-order valence-electron chi connectivity index (χ3n) is 4.68. The molecule has 4 rings (SSSR count). The van der Waals surface area contributed by atoms with Crippen molar-refractivity contribution in [2.75, 3.05) is 6.26 Å². The minimum Gasteiger partial charge on any atom is -0.229 e. The zero-order valence-corrected chi connectivity index (χ0v) is 21.8. The van der Waals surface area contributed by atoms with Gasteiger partial charge in [-0.15, -0.1) is 10.2 Å². The van der Waals surface area contributed by atoms with Crippen LogP contribution in [-0.4, -0.2) is 34.7 Å². The van der Waals surface area contributed by atoms with Gasteiger partial charge in [0.05, 0.1) is 16.4 Å². The minimum atomic E-state index is -3.70. The van der Waals surface area contributed by atoms with Gasteiger partial charge in [0.1, 0.15) is 15.6 Å². The number of halogens is 2. The molecule has 0 saturated heterocycles. The molecule has 0 amide bonds. The lowest BCUT2D eigenvalue weighted by molar-refractivity contribution is 0.578. The van der Waals surface area contributed by atoms with E-state index >= 15 is 0 Å². The topological polar surface area (TPSA) is 77.7 Å². The molecule has 0 unspecified atom stereocenters. The van der Waals surface area contributed by atoms with Crippen LogP contribution in [0, 0.1) is 0 Å². The third-order valence-corrected chi connectivity index (χ3v) is 8.01. The van der Waals surface area contributed by atoms with Crippen LogP contribution in [0.15, 0.2) is 57.9 Å². The smallest absolute Gasteiger partial charge is 0.180 e. The molecule has 0 N–H and O–H groups in total. The zero-order chi connectivity index (χ0) is 23.3. The normalized spacial score (nSPS) is 12.3. The maximum absolute atomic E-state index is 13.1. The van der Waals surface area contributed by atoms with Crippen LogP contribution in [0.5, 0.6) is 0 Å². The highest BCUT2D eigenvalue weighted by Gasteiger charge is 2.31. The zero-order valence-electron chi connectivity index (χ0n) is 17.8. The number of hydrogen-bond acceptors (Lipinski definition) is 6. The van der Waals surface area contributed by atoms with Crippen molar-refractivity contribution in [1.29, 1.82) is 0 Å². The second-order valence-corrected chi connectivity index (χ2v) is 12.6. The molecule has 2 aromatic heterocycles. The standard InChI is InChI=1S/C22H20BrClN4O2S2/c1-22(2,3)21-26-25-20(31-21)17-19(32(4,29)30)18(13-9-11-14(23)12-10-13)28(27-17)16-8-6-5-7-15(16)24/h5-12H,1-4H3. The summed E-state index contributed by atoms with van der Waals surface area (Å²) in [6.07, 6.45) is 1.18. The highest BCUT2D eigenvalue weighted by Crippen LogP contribution is 2.40. The van der Waals surface area contributed by atoms with Crippen LogP contribution in [0.4, 0.5) is 0 Å². The lowest BCUT2D eigenvalue weighted by Gasteiger charge is -2.12. The first-order valence-corrected chi connectivity index (χ1v) is 13.5. The van der Waals surface area contributed by atoms with E-state index in [2.05, 4.69) is 26.1 Å². The maximum Gasteiger partial charge on any atom is 0.180 e. The lowest BCUT2D eigenvalue weighted by atomic mass is 9.98. The summed E-state index contributed by atoms with van der Waals surface area (Å²) >= 11 is 11.3. The molecule has 4 aromatic rings. The van der Waals surface area contributed by atoms with Crippen molar-refractivity contribution < 1.29 is 8.42 Å². The number of sulfone groups is 1.